The summed E-state index contributed by atoms with van der Waals surface area (Å²) in [7, 11) is 0. The van der Waals surface area contributed by atoms with Crippen molar-refractivity contribution in [2.75, 3.05) is 58.2 Å². The molecule has 0 unspecified atom stereocenters. The summed E-state index contributed by atoms with van der Waals surface area (Å²) in [5.74, 6) is 2.35. The molecule has 1 aliphatic rings. The quantitative estimate of drug-likeness (QED) is 0.370. The van der Waals surface area contributed by atoms with E-state index in [0.29, 0.717) is 5.75 Å². The molecule has 0 aromatic heterocycles. The summed E-state index contributed by atoms with van der Waals surface area (Å²) in [5, 5.41) is 6.63. The Kier molecular flexibility index (Phi) is 10.5. The smallest absolute Gasteiger partial charge is 0.191 e. The summed E-state index contributed by atoms with van der Waals surface area (Å²) in [6.45, 7) is 9.36. The summed E-state index contributed by atoms with van der Waals surface area (Å²) in [6, 6.07) is 6.96. The van der Waals surface area contributed by atoms with Crippen LogP contribution in [0.15, 0.2) is 29.3 Å². The summed E-state index contributed by atoms with van der Waals surface area (Å²) >= 11 is 1.72. The van der Waals surface area contributed by atoms with Gasteiger partial charge >= 0.3 is 0 Å². The Balaban J connectivity index is 1.59. The lowest BCUT2D eigenvalue weighted by Gasteiger charge is -2.26. The van der Waals surface area contributed by atoms with Crippen LogP contribution in [0, 0.1) is 5.82 Å². The zero-order chi connectivity index (χ0) is 18.5. The molecule has 1 aromatic rings. The lowest BCUT2D eigenvalue weighted by molar-refractivity contribution is 0.0377. The minimum atomic E-state index is -0.122. The van der Waals surface area contributed by atoms with Crippen LogP contribution in [0.1, 0.15) is 18.9 Å². The number of nitrogens with one attached hydrogen (secondary N) is 2. The first-order valence-corrected chi connectivity index (χ1v) is 10.6. The van der Waals surface area contributed by atoms with Crippen LogP contribution < -0.4 is 10.6 Å². The summed E-state index contributed by atoms with van der Waals surface area (Å²) < 4.78 is 18.9. The van der Waals surface area contributed by atoms with Gasteiger partial charge in [0.15, 0.2) is 5.96 Å². The molecule has 0 atom stereocenters. The monoisotopic (exact) mass is 382 g/mol. The van der Waals surface area contributed by atoms with Crippen molar-refractivity contribution in [1.29, 1.82) is 0 Å². The average molecular weight is 383 g/mol. The van der Waals surface area contributed by atoms with E-state index in [-0.39, 0.29) is 5.82 Å². The zero-order valence-corrected chi connectivity index (χ0v) is 16.5. The first kappa shape index (κ1) is 21.0. The number of nitrogens with zero attached hydrogens (tertiary/aromatic N) is 2. The predicted molar refractivity (Wildman–Crippen MR) is 108 cm³/mol. The maximum Gasteiger partial charge on any atom is 0.191 e. The second kappa shape index (κ2) is 12.9. The van der Waals surface area contributed by atoms with Gasteiger partial charge in [0, 0.05) is 50.8 Å². The number of halogens is 1. The van der Waals surface area contributed by atoms with Gasteiger partial charge in [0.2, 0.25) is 0 Å². The topological polar surface area (TPSA) is 48.9 Å². The molecule has 2 rings (SSSR count). The van der Waals surface area contributed by atoms with Crippen molar-refractivity contribution in [2.24, 2.45) is 4.99 Å². The van der Waals surface area contributed by atoms with E-state index in [9.17, 15) is 4.39 Å². The molecule has 0 amide bonds. The van der Waals surface area contributed by atoms with Crippen molar-refractivity contribution >= 4 is 17.7 Å². The third-order valence-electron chi connectivity index (χ3n) is 4.10. The van der Waals surface area contributed by atoms with Crippen molar-refractivity contribution < 1.29 is 9.13 Å². The Hall–Kier alpha value is -1.31. The molecule has 26 heavy (non-hydrogen) atoms. The zero-order valence-electron chi connectivity index (χ0n) is 15.7. The number of hydrogen-bond donors (Lipinski definition) is 2. The van der Waals surface area contributed by atoms with Gasteiger partial charge in [0.1, 0.15) is 5.82 Å². The highest BCUT2D eigenvalue weighted by Crippen LogP contribution is 2.14. The first-order chi connectivity index (χ1) is 12.8. The molecule has 2 N–H and O–H groups in total. The van der Waals surface area contributed by atoms with Crippen LogP contribution in [0.5, 0.6) is 0 Å². The Morgan fingerprint density at radius 1 is 1.27 bits per heavy atom. The second-order valence-corrected chi connectivity index (χ2v) is 7.24. The molecule has 0 radical (unpaired) electrons. The Morgan fingerprint density at radius 3 is 2.85 bits per heavy atom. The number of benzene rings is 1. The highest BCUT2D eigenvalue weighted by molar-refractivity contribution is 7.98. The minimum Gasteiger partial charge on any atom is -0.379 e. The van der Waals surface area contributed by atoms with Gasteiger partial charge in [-0.15, -0.1) is 0 Å². The molecule has 1 fully saturated rings. The van der Waals surface area contributed by atoms with E-state index in [2.05, 4.69) is 27.4 Å². The molecule has 1 aromatic carbocycles. The number of aliphatic imine (C=N–C) groups is 1. The Morgan fingerprint density at radius 2 is 2.08 bits per heavy atom. The highest BCUT2D eigenvalue weighted by atomic mass is 32.2. The number of hydrogen-bond acceptors (Lipinski definition) is 4. The third-order valence-corrected chi connectivity index (χ3v) is 5.11. The average Bonchev–Trinajstić information content (AvgIpc) is 2.67. The van der Waals surface area contributed by atoms with Crippen LogP contribution in [-0.2, 0) is 10.5 Å². The molecule has 1 saturated heterocycles. The van der Waals surface area contributed by atoms with E-state index in [1.54, 1.807) is 17.8 Å². The predicted octanol–water partition coefficient (Wildman–Crippen LogP) is 2.34. The van der Waals surface area contributed by atoms with Crippen molar-refractivity contribution in [3.8, 4) is 0 Å². The molecule has 146 valence electrons. The van der Waals surface area contributed by atoms with Crippen molar-refractivity contribution in [2.45, 2.75) is 19.1 Å². The fourth-order valence-corrected chi connectivity index (χ4v) is 3.54. The van der Waals surface area contributed by atoms with Gasteiger partial charge in [0.05, 0.1) is 13.2 Å². The molecule has 1 aliphatic heterocycles. The van der Waals surface area contributed by atoms with Crippen LogP contribution in [0.2, 0.25) is 0 Å². The van der Waals surface area contributed by atoms with Crippen molar-refractivity contribution in [3.63, 3.8) is 0 Å². The number of ether oxygens (including phenoxy) is 1. The summed E-state index contributed by atoms with van der Waals surface area (Å²) in [4.78, 5) is 7.06. The largest absolute Gasteiger partial charge is 0.379 e. The van der Waals surface area contributed by atoms with Gasteiger partial charge in [-0.1, -0.05) is 18.2 Å². The van der Waals surface area contributed by atoms with E-state index < -0.39 is 0 Å². The molecule has 7 heteroatoms. The molecule has 5 nitrogen and oxygen atoms in total. The van der Waals surface area contributed by atoms with Crippen LogP contribution in [-0.4, -0.2) is 69.1 Å². The molecular formula is C19H31FN4OS. The van der Waals surface area contributed by atoms with Gasteiger partial charge < -0.3 is 15.4 Å². The molecule has 0 bridgehead atoms. The van der Waals surface area contributed by atoms with E-state index in [4.69, 9.17) is 4.74 Å². The van der Waals surface area contributed by atoms with Gasteiger partial charge in [-0.25, -0.2) is 4.39 Å². The van der Waals surface area contributed by atoms with Gasteiger partial charge in [-0.3, -0.25) is 9.89 Å². The van der Waals surface area contributed by atoms with Crippen LogP contribution in [0.3, 0.4) is 0 Å². The van der Waals surface area contributed by atoms with Gasteiger partial charge in [-0.2, -0.15) is 11.8 Å². The SMILES string of the molecule is CCNC(=NCCCN1CCOCC1)NCCSCc1ccccc1F. The van der Waals surface area contributed by atoms with Crippen LogP contribution in [0.4, 0.5) is 4.39 Å². The molecule has 1 heterocycles. The standard InChI is InChI=1S/C19H31FN4OS/c1-2-21-19(22-8-5-10-24-11-13-25-14-12-24)23-9-15-26-16-17-6-3-4-7-18(17)20/h3-4,6-7H,2,5,8-16H2,1H3,(H2,21,22,23). The molecule has 0 aliphatic carbocycles. The fourth-order valence-electron chi connectivity index (χ4n) is 2.69. The number of morpholine rings is 1. The van der Waals surface area contributed by atoms with Crippen molar-refractivity contribution in [3.05, 3.63) is 35.6 Å². The van der Waals surface area contributed by atoms with Gasteiger partial charge in [-0.05, 0) is 25.0 Å². The minimum absolute atomic E-state index is 0.122. The Bertz CT molecular complexity index is 538. The number of rotatable bonds is 10. The second-order valence-electron chi connectivity index (χ2n) is 6.14. The molecular weight excluding hydrogens is 351 g/mol. The lowest BCUT2D eigenvalue weighted by atomic mass is 10.2. The normalized spacial score (nSPS) is 15.8. The summed E-state index contributed by atoms with van der Waals surface area (Å²) in [5.41, 5.74) is 0.765. The van der Waals surface area contributed by atoms with E-state index in [1.165, 1.54) is 6.07 Å². The lowest BCUT2D eigenvalue weighted by Crippen LogP contribution is -2.39. The molecule has 0 spiro atoms. The van der Waals surface area contributed by atoms with Gasteiger partial charge in [0.25, 0.3) is 0 Å². The van der Waals surface area contributed by atoms with E-state index in [0.717, 1.165) is 76.2 Å². The maximum absolute atomic E-state index is 13.6. The highest BCUT2D eigenvalue weighted by Gasteiger charge is 2.09. The maximum atomic E-state index is 13.6. The summed E-state index contributed by atoms with van der Waals surface area (Å²) in [6.07, 6.45) is 1.05. The van der Waals surface area contributed by atoms with Crippen molar-refractivity contribution in [1.82, 2.24) is 15.5 Å². The van der Waals surface area contributed by atoms with Crippen LogP contribution >= 0.6 is 11.8 Å². The molecule has 0 saturated carbocycles. The first-order valence-electron chi connectivity index (χ1n) is 9.43. The fraction of sp³-hybridized carbons (Fsp3) is 0.632. The van der Waals surface area contributed by atoms with Crippen LogP contribution in [0.25, 0.3) is 0 Å². The third kappa shape index (κ3) is 8.38. The number of thioether (sulfide) groups is 1. The van der Waals surface area contributed by atoms with E-state index >= 15 is 0 Å². The Labute approximate surface area is 160 Å². The van der Waals surface area contributed by atoms with E-state index in [1.807, 2.05) is 12.1 Å². The number of guanidine groups is 1.